The first kappa shape index (κ1) is 15.9. The van der Waals surface area contributed by atoms with E-state index in [2.05, 4.69) is 10.6 Å². The molecule has 1 aromatic rings. The van der Waals surface area contributed by atoms with Crippen LogP contribution in [0.3, 0.4) is 0 Å². The van der Waals surface area contributed by atoms with Crippen LogP contribution in [0.2, 0.25) is 0 Å². The second-order valence-corrected chi connectivity index (χ2v) is 5.30. The zero-order valence-electron chi connectivity index (χ0n) is 12.5. The van der Waals surface area contributed by atoms with Gasteiger partial charge in [0.2, 0.25) is 0 Å². The Bertz CT molecular complexity index is 551. The normalized spacial score (nSPS) is 24.1. The average Bonchev–Trinajstić information content (AvgIpc) is 2.43. The monoisotopic (exact) mass is 299 g/mol. The van der Waals surface area contributed by atoms with Crippen LogP contribution in [0.5, 0.6) is 0 Å². The molecule has 3 nitrogen and oxygen atoms in total. The first-order chi connectivity index (χ1) is 9.77. The van der Waals surface area contributed by atoms with Gasteiger partial charge in [-0.1, -0.05) is 18.2 Å². The number of benzene rings is 1. The number of rotatable bonds is 2. The van der Waals surface area contributed by atoms with Crippen molar-refractivity contribution in [1.82, 2.24) is 15.5 Å². The second-order valence-electron chi connectivity index (χ2n) is 5.30. The Morgan fingerprint density at radius 3 is 2.38 bits per heavy atom. The molecule has 0 saturated carbocycles. The minimum atomic E-state index is -4.36. The summed E-state index contributed by atoms with van der Waals surface area (Å²) in [6, 6.07) is 5.70. The highest BCUT2D eigenvalue weighted by Gasteiger charge is 2.38. The van der Waals surface area contributed by atoms with Crippen LogP contribution in [0.15, 0.2) is 35.5 Å². The summed E-state index contributed by atoms with van der Waals surface area (Å²) in [7, 11) is 3.61. The number of nitrogens with one attached hydrogen (secondary N) is 2. The number of allylic oxidation sites excluding steroid dienone is 1. The van der Waals surface area contributed by atoms with E-state index < -0.39 is 17.9 Å². The van der Waals surface area contributed by atoms with Gasteiger partial charge in [-0.05, 0) is 39.6 Å². The van der Waals surface area contributed by atoms with Crippen molar-refractivity contribution in [2.75, 3.05) is 14.1 Å². The van der Waals surface area contributed by atoms with Crippen molar-refractivity contribution in [3.8, 4) is 0 Å². The quantitative estimate of drug-likeness (QED) is 0.879. The van der Waals surface area contributed by atoms with Gasteiger partial charge in [0.15, 0.2) is 0 Å². The van der Waals surface area contributed by atoms with E-state index in [0.717, 1.165) is 17.3 Å². The lowest BCUT2D eigenvalue weighted by Gasteiger charge is -2.42. The molecule has 2 N–H and O–H groups in total. The van der Waals surface area contributed by atoms with Crippen molar-refractivity contribution in [2.24, 2.45) is 0 Å². The highest BCUT2D eigenvalue weighted by Crippen LogP contribution is 2.37. The van der Waals surface area contributed by atoms with E-state index in [0.29, 0.717) is 0 Å². The van der Waals surface area contributed by atoms with Gasteiger partial charge in [0.05, 0.1) is 11.7 Å². The number of likely N-dealkylation sites (N-methyl/N-ethyl adjacent to an activating group) is 2. The fourth-order valence-electron chi connectivity index (χ4n) is 2.79. The maximum absolute atomic E-state index is 13.2. The Balaban J connectivity index is 2.49. The zero-order chi connectivity index (χ0) is 15.8. The summed E-state index contributed by atoms with van der Waals surface area (Å²) >= 11 is 0. The molecule has 6 heteroatoms. The minimum absolute atomic E-state index is 0.0995. The maximum Gasteiger partial charge on any atom is 0.416 e. The standard InChI is InChI=1S/C15H20F3N3/c1-9-10(2)20-14(21(4)13(9)19-3)11-7-5-6-8-12(11)15(16,17)18/h5-8,13-14,19-20H,1-4H3. The molecule has 21 heavy (non-hydrogen) atoms. The molecule has 1 aliphatic heterocycles. The molecule has 0 amide bonds. The Kier molecular flexibility index (Phi) is 4.30. The molecule has 1 aliphatic rings. The van der Waals surface area contributed by atoms with Crippen molar-refractivity contribution < 1.29 is 13.2 Å². The molecule has 0 radical (unpaired) electrons. The van der Waals surface area contributed by atoms with Crippen LogP contribution in [0.1, 0.15) is 31.1 Å². The van der Waals surface area contributed by atoms with Gasteiger partial charge in [-0.2, -0.15) is 13.2 Å². The van der Waals surface area contributed by atoms with Gasteiger partial charge in [-0.15, -0.1) is 0 Å². The van der Waals surface area contributed by atoms with Crippen LogP contribution in [-0.2, 0) is 6.18 Å². The van der Waals surface area contributed by atoms with E-state index in [1.807, 2.05) is 25.8 Å². The summed E-state index contributed by atoms with van der Waals surface area (Å²) in [4.78, 5) is 1.87. The lowest BCUT2D eigenvalue weighted by molar-refractivity contribution is -0.139. The number of hydrogen-bond acceptors (Lipinski definition) is 3. The fourth-order valence-corrected chi connectivity index (χ4v) is 2.79. The first-order valence-corrected chi connectivity index (χ1v) is 6.76. The molecule has 116 valence electrons. The smallest absolute Gasteiger partial charge is 0.369 e. The SMILES string of the molecule is CNC1C(C)=C(C)NC(c2ccccc2C(F)(F)F)N1C. The van der Waals surface area contributed by atoms with Crippen LogP contribution in [0.4, 0.5) is 13.2 Å². The molecular weight excluding hydrogens is 279 g/mol. The summed E-state index contributed by atoms with van der Waals surface area (Å²) in [6.07, 6.45) is -4.99. The van der Waals surface area contributed by atoms with Gasteiger partial charge in [-0.25, -0.2) is 0 Å². The molecule has 0 aliphatic carbocycles. The van der Waals surface area contributed by atoms with E-state index in [-0.39, 0.29) is 11.7 Å². The van der Waals surface area contributed by atoms with Crippen molar-refractivity contribution in [2.45, 2.75) is 32.4 Å². The van der Waals surface area contributed by atoms with E-state index >= 15 is 0 Å². The minimum Gasteiger partial charge on any atom is -0.369 e. The third-order valence-corrected chi connectivity index (χ3v) is 4.00. The molecule has 2 atom stereocenters. The van der Waals surface area contributed by atoms with Crippen LogP contribution in [0, 0.1) is 0 Å². The van der Waals surface area contributed by atoms with Crippen LogP contribution < -0.4 is 10.6 Å². The maximum atomic E-state index is 13.2. The summed E-state index contributed by atoms with van der Waals surface area (Å²) < 4.78 is 39.6. The van der Waals surface area contributed by atoms with E-state index in [9.17, 15) is 13.2 Å². The summed E-state index contributed by atoms with van der Waals surface area (Å²) in [5.41, 5.74) is 1.60. The molecule has 0 fully saturated rings. The second kappa shape index (κ2) is 5.69. The molecule has 1 heterocycles. The average molecular weight is 299 g/mol. The van der Waals surface area contributed by atoms with E-state index in [1.165, 1.54) is 12.1 Å². The molecule has 2 unspecified atom stereocenters. The van der Waals surface area contributed by atoms with E-state index in [1.54, 1.807) is 13.1 Å². The van der Waals surface area contributed by atoms with Gasteiger partial charge in [0, 0.05) is 11.3 Å². The van der Waals surface area contributed by atoms with Gasteiger partial charge in [0.1, 0.15) is 6.17 Å². The Hall–Kier alpha value is -1.53. The van der Waals surface area contributed by atoms with Gasteiger partial charge < -0.3 is 10.6 Å². The van der Waals surface area contributed by atoms with Crippen LogP contribution in [-0.4, -0.2) is 25.2 Å². The predicted octanol–water partition coefficient (Wildman–Crippen LogP) is 3.08. The number of halogens is 3. The third-order valence-electron chi connectivity index (χ3n) is 4.00. The van der Waals surface area contributed by atoms with Gasteiger partial charge >= 0.3 is 6.18 Å². The number of nitrogens with zero attached hydrogens (tertiary/aromatic N) is 1. The molecule has 0 saturated heterocycles. The molecule has 0 spiro atoms. The third kappa shape index (κ3) is 2.91. The van der Waals surface area contributed by atoms with Gasteiger partial charge in [-0.3, -0.25) is 4.90 Å². The summed E-state index contributed by atoms with van der Waals surface area (Å²) in [5.74, 6) is 0. The molecule has 1 aromatic carbocycles. The van der Waals surface area contributed by atoms with Gasteiger partial charge in [0.25, 0.3) is 0 Å². The lowest BCUT2D eigenvalue weighted by atomic mass is 9.99. The molecule has 2 rings (SSSR count). The van der Waals surface area contributed by atoms with Crippen LogP contribution in [0.25, 0.3) is 0 Å². The Labute approximate surface area is 122 Å². The van der Waals surface area contributed by atoms with Crippen molar-refractivity contribution in [1.29, 1.82) is 0 Å². The first-order valence-electron chi connectivity index (χ1n) is 6.76. The predicted molar refractivity (Wildman–Crippen MR) is 76.3 cm³/mol. The lowest BCUT2D eigenvalue weighted by Crippen LogP contribution is -2.53. The largest absolute Gasteiger partial charge is 0.416 e. The van der Waals surface area contributed by atoms with Crippen molar-refractivity contribution in [3.05, 3.63) is 46.7 Å². The van der Waals surface area contributed by atoms with Crippen LogP contribution >= 0.6 is 0 Å². The Morgan fingerprint density at radius 2 is 1.81 bits per heavy atom. The highest BCUT2D eigenvalue weighted by molar-refractivity contribution is 5.34. The van der Waals surface area contributed by atoms with E-state index in [4.69, 9.17) is 0 Å². The zero-order valence-corrected chi connectivity index (χ0v) is 12.5. The highest BCUT2D eigenvalue weighted by atomic mass is 19.4. The topological polar surface area (TPSA) is 27.3 Å². The molecule has 0 aromatic heterocycles. The number of hydrogen-bond donors (Lipinski definition) is 2. The van der Waals surface area contributed by atoms with Crippen molar-refractivity contribution in [3.63, 3.8) is 0 Å². The molecular formula is C15H20F3N3. The summed E-state index contributed by atoms with van der Waals surface area (Å²) in [5, 5.41) is 6.31. The summed E-state index contributed by atoms with van der Waals surface area (Å²) in [6.45, 7) is 3.85. The fraction of sp³-hybridized carbons (Fsp3) is 0.467. The Morgan fingerprint density at radius 1 is 1.19 bits per heavy atom. The molecule has 0 bridgehead atoms. The van der Waals surface area contributed by atoms with Crippen molar-refractivity contribution >= 4 is 0 Å². The number of alkyl halides is 3.